The Hall–Kier alpha value is -6.71. The van der Waals surface area contributed by atoms with Crippen molar-refractivity contribution in [3.8, 4) is 0 Å². The summed E-state index contributed by atoms with van der Waals surface area (Å²) in [7, 11) is 0. The van der Waals surface area contributed by atoms with Crippen LogP contribution in [-0.4, -0.2) is 9.97 Å². The summed E-state index contributed by atoms with van der Waals surface area (Å²) in [5.74, 6) is 6.15. The average Bonchev–Trinajstić information content (AvgIpc) is 1.68. The van der Waals surface area contributed by atoms with E-state index in [2.05, 4.69) is 331 Å². The number of benzene rings is 8. The molecule has 1 unspecified atom stereocenters. The standard InChI is InChI=1S/C24H28O.2C24H32.C23H28N2.C9H18.C9H17.CH3.Fe/c1-15(2)21-13-17-5-7-18(21)9-10-19-11-12-20(8-6-17)24-22(19)14-23(25-24)16(3)4;1-23(2,3)21-15-17-7-11-19(21)13-9-18-8-12-20(14-10-17)22(16-18)24(4,5)6;1-23(2,3)21-15-20-14-12-18-9-7-17(8-10-18)11-13-19(21)16-22(20)24(4,5)6;1-14(2)20-13-16-5-7-17(20)9-10-19-12-11-18(8-6-16)21-22(19)25-23(24-21)15(3)4;2*1-9(2,3)8-6-4-5-7-8;;/h5,7,11-16H,6,8-10H2,1-4H3;7-8,11-12,15-16H,9-10,13-14H2,1-6H3;7-10,15-16H,11-14H2,1-6H3;5,7,11-15H,6,8-10H2,1-4H3,(H,24,25);8H,4-7H2,1-3H3;6,8H,4-5,7H2,1-3H3;1H3;/q;;;;;2*-1;+2. The first-order valence-corrected chi connectivity index (χ1v) is 46.2. The van der Waals surface area contributed by atoms with Crippen LogP contribution >= 0.6 is 0 Å². The Bertz CT molecular complexity index is 4590. The maximum Gasteiger partial charge on any atom is 2.00 e. The smallest absolute Gasteiger partial charge is 0.461 e. The number of H-pyrrole nitrogens is 1. The van der Waals surface area contributed by atoms with Crippen molar-refractivity contribution in [3.63, 3.8) is 0 Å². The van der Waals surface area contributed by atoms with Gasteiger partial charge in [0.05, 0.1) is 11.0 Å². The van der Waals surface area contributed by atoms with Crippen LogP contribution in [0.15, 0.2) is 144 Å². The monoisotopic (exact) mass is 1630 g/mol. The fourth-order valence-electron chi connectivity index (χ4n) is 19.3. The van der Waals surface area contributed by atoms with Crippen molar-refractivity contribution in [2.24, 2.45) is 22.7 Å². The third kappa shape index (κ3) is 24.8. The van der Waals surface area contributed by atoms with E-state index in [0.717, 1.165) is 132 Å². The van der Waals surface area contributed by atoms with Gasteiger partial charge in [0.15, 0.2) is 0 Å². The van der Waals surface area contributed by atoms with Crippen LogP contribution in [-0.2, 0) is 141 Å². The molecule has 0 radical (unpaired) electrons. The molecular formula is C114H158FeN2O. The Balaban J connectivity index is 0.000000166. The average molecular weight is 1630 g/mol. The molecule has 0 amide bonds. The van der Waals surface area contributed by atoms with Crippen molar-refractivity contribution in [3.05, 3.63) is 287 Å². The summed E-state index contributed by atoms with van der Waals surface area (Å²) in [6, 6.07) is 54.6. The van der Waals surface area contributed by atoms with Crippen molar-refractivity contribution in [1.29, 1.82) is 0 Å². The van der Waals surface area contributed by atoms with Gasteiger partial charge in [-0.25, -0.2) is 4.98 Å². The molecule has 2 fully saturated rings. The number of aromatic nitrogens is 2. The van der Waals surface area contributed by atoms with E-state index in [4.69, 9.17) is 9.40 Å². The molecule has 28 rings (SSSR count). The van der Waals surface area contributed by atoms with Crippen molar-refractivity contribution in [2.75, 3.05) is 0 Å². The molecule has 1 atom stereocenters. The van der Waals surface area contributed by atoms with Crippen LogP contribution in [0.2, 0.25) is 0 Å². The molecule has 8 aromatic carbocycles. The summed E-state index contributed by atoms with van der Waals surface area (Å²) in [5, 5.41) is 1.34. The van der Waals surface area contributed by atoms with E-state index in [1.54, 1.807) is 22.3 Å². The van der Waals surface area contributed by atoms with Gasteiger partial charge < -0.3 is 23.2 Å². The molecule has 16 bridgehead atoms. The van der Waals surface area contributed by atoms with Crippen LogP contribution in [0.25, 0.3) is 22.0 Å². The van der Waals surface area contributed by atoms with Gasteiger partial charge in [-0.15, -0.1) is 0 Å². The van der Waals surface area contributed by atoms with E-state index < -0.39 is 0 Å². The first kappa shape index (κ1) is 95.1. The fourth-order valence-corrected chi connectivity index (χ4v) is 19.3. The molecule has 4 heteroatoms. The summed E-state index contributed by atoms with van der Waals surface area (Å²) < 4.78 is 6.29. The van der Waals surface area contributed by atoms with Crippen molar-refractivity contribution in [1.82, 2.24) is 9.97 Å². The van der Waals surface area contributed by atoms with Crippen LogP contribution in [0.4, 0.5) is 0 Å². The van der Waals surface area contributed by atoms with Gasteiger partial charge in [-0.1, -0.05) is 345 Å². The predicted molar refractivity (Wildman–Crippen MR) is 510 cm³/mol. The van der Waals surface area contributed by atoms with E-state index >= 15 is 0 Å². The fraction of sp³-hybridized carbons (Fsp3) is 0.535. The Morgan fingerprint density at radius 1 is 0.339 bits per heavy atom. The molecule has 0 spiro atoms. The molecule has 638 valence electrons. The van der Waals surface area contributed by atoms with Gasteiger partial charge in [0.1, 0.15) is 17.2 Å². The third-order valence-corrected chi connectivity index (χ3v) is 26.7. The molecule has 2 saturated carbocycles. The number of rotatable bonds is 4. The number of nitrogens with zero attached hydrogens (tertiary/aromatic N) is 1. The van der Waals surface area contributed by atoms with E-state index in [9.17, 15) is 0 Å². The second-order valence-corrected chi connectivity index (χ2v) is 43.6. The Kier molecular flexibility index (Phi) is 32.3. The second kappa shape index (κ2) is 40.1. The molecule has 18 aliphatic rings. The maximum absolute atomic E-state index is 6.29. The second-order valence-electron chi connectivity index (χ2n) is 43.6. The molecule has 3 nitrogen and oxygen atoms in total. The number of aryl methyl sites for hydroxylation is 16. The Labute approximate surface area is 731 Å². The molecule has 0 aliphatic heterocycles. The number of hydrogen-bond donors (Lipinski definition) is 1. The molecule has 18 aliphatic carbocycles. The quantitative estimate of drug-likeness (QED) is 0.141. The van der Waals surface area contributed by atoms with Gasteiger partial charge in [0, 0.05) is 17.2 Å². The zero-order valence-electron chi connectivity index (χ0n) is 79.3. The minimum atomic E-state index is 0. The zero-order valence-corrected chi connectivity index (χ0v) is 80.4. The number of aromatic amines is 1. The first-order valence-electron chi connectivity index (χ1n) is 46.2. The van der Waals surface area contributed by atoms with Gasteiger partial charge in [-0.05, 0) is 289 Å². The van der Waals surface area contributed by atoms with E-state index in [0.29, 0.717) is 34.5 Å². The summed E-state index contributed by atoms with van der Waals surface area (Å²) >= 11 is 0. The third-order valence-electron chi connectivity index (χ3n) is 26.7. The van der Waals surface area contributed by atoms with Crippen LogP contribution < -0.4 is 0 Å². The molecule has 1 N–H and O–H groups in total. The molecule has 2 heterocycles. The zero-order chi connectivity index (χ0) is 84.0. The topological polar surface area (TPSA) is 41.8 Å². The molecular weight excluding hydrogens is 1470 g/mol. The SMILES string of the molecule is CC(C)(C)C1CCCC1.CC(C)(C)C1[CH-]CCC1.CC(C)(C)c1cc2c(C(C)(C)C)cc1CCc1ccc(cc1)CC2.CC(C)(C)c1cc2ccc1CCc1ccc(c(C(C)(C)C)c1)CC2.CC(C)c1cc2c3ccc(c2o1)CCc1ccc(c(C(C)C)c1)CC3.CC(C)c1nc2c3ccc(c2[nH]1)CCc1ccc(c(C(C)C)c1)CC3.[CH3-].[Fe+2]. The minimum absolute atomic E-state index is 0. The van der Waals surface area contributed by atoms with Crippen molar-refractivity contribution >= 4 is 22.0 Å². The largest absolute Gasteiger partial charge is 2.00 e. The first-order chi connectivity index (χ1) is 54.5. The van der Waals surface area contributed by atoms with Crippen molar-refractivity contribution in [2.45, 2.75) is 373 Å². The van der Waals surface area contributed by atoms with Gasteiger partial charge in [-0.2, -0.15) is 12.3 Å². The summed E-state index contributed by atoms with van der Waals surface area (Å²) in [5.41, 5.74) is 38.2. The number of furan rings is 1. The van der Waals surface area contributed by atoms with Gasteiger partial charge in [-0.3, -0.25) is 0 Å². The summed E-state index contributed by atoms with van der Waals surface area (Å²) in [4.78, 5) is 8.58. The van der Waals surface area contributed by atoms with Gasteiger partial charge in [0.2, 0.25) is 0 Å². The van der Waals surface area contributed by atoms with Crippen LogP contribution in [0.1, 0.15) is 383 Å². The molecule has 0 saturated heterocycles. The van der Waals surface area contributed by atoms with E-state index in [-0.39, 0.29) is 46.2 Å². The van der Waals surface area contributed by atoms with Crippen LogP contribution in [0.5, 0.6) is 0 Å². The summed E-state index contributed by atoms with van der Waals surface area (Å²) in [6.07, 6.45) is 30.2. The maximum atomic E-state index is 6.29. The molecule has 118 heavy (non-hydrogen) atoms. The van der Waals surface area contributed by atoms with Gasteiger partial charge >= 0.3 is 17.1 Å². The summed E-state index contributed by atoms with van der Waals surface area (Å²) in [6.45, 7) is 60.3. The predicted octanol–water partition coefficient (Wildman–Crippen LogP) is 31.3. The Morgan fingerprint density at radius 2 is 0.695 bits per heavy atom. The van der Waals surface area contributed by atoms with Crippen LogP contribution in [0, 0.1) is 36.5 Å². The molecule has 10 aromatic rings. The Morgan fingerprint density at radius 3 is 1.09 bits per heavy atom. The number of hydrogen-bond acceptors (Lipinski definition) is 2. The van der Waals surface area contributed by atoms with E-state index in [1.807, 2.05) is 0 Å². The normalized spacial score (nSPS) is 16.3. The number of nitrogens with one attached hydrogen (secondary N) is 1. The van der Waals surface area contributed by atoms with Crippen molar-refractivity contribution < 1.29 is 21.5 Å². The van der Waals surface area contributed by atoms with Crippen LogP contribution in [0.3, 0.4) is 0 Å². The minimum Gasteiger partial charge on any atom is -0.461 e. The van der Waals surface area contributed by atoms with E-state index in [1.165, 1.54) is 162 Å². The molecule has 2 aromatic heterocycles. The number of imidazole rings is 1. The van der Waals surface area contributed by atoms with Gasteiger partial charge in [0.25, 0.3) is 0 Å².